The van der Waals surface area contributed by atoms with E-state index >= 15 is 0 Å². The molecule has 3 nitrogen and oxygen atoms in total. The normalized spacial score (nSPS) is 10.2. The highest BCUT2D eigenvalue weighted by atomic mass is 19.1. The van der Waals surface area contributed by atoms with E-state index in [-0.39, 0.29) is 6.67 Å². The van der Waals surface area contributed by atoms with Crippen LogP contribution in [0.15, 0.2) is 18.2 Å². The number of hydrogen-bond donors (Lipinski definition) is 1. The maximum atomic E-state index is 11.9. The van der Waals surface area contributed by atoms with Gasteiger partial charge in [-0.2, -0.15) is 0 Å². The van der Waals surface area contributed by atoms with Crippen molar-refractivity contribution in [2.75, 3.05) is 27.4 Å². The van der Waals surface area contributed by atoms with Gasteiger partial charge in [0.1, 0.15) is 11.5 Å². The Hall–Kier alpha value is -1.29. The number of ether oxygens (including phenoxy) is 2. The van der Waals surface area contributed by atoms with Crippen LogP contribution in [0.25, 0.3) is 0 Å². The number of rotatable bonds is 7. The molecule has 0 fully saturated rings. The predicted octanol–water partition coefficient (Wildman–Crippen LogP) is 2.15. The second-order valence-corrected chi connectivity index (χ2v) is 3.40. The van der Waals surface area contributed by atoms with Gasteiger partial charge in [0.15, 0.2) is 0 Å². The van der Waals surface area contributed by atoms with Gasteiger partial charge in [-0.25, -0.2) is 0 Å². The van der Waals surface area contributed by atoms with E-state index in [9.17, 15) is 4.39 Å². The molecule has 0 spiro atoms. The summed E-state index contributed by atoms with van der Waals surface area (Å²) in [5, 5.41) is 3.15. The van der Waals surface area contributed by atoms with Crippen molar-refractivity contribution in [3.05, 3.63) is 23.8 Å². The first-order valence-electron chi connectivity index (χ1n) is 5.29. The molecule has 0 saturated heterocycles. The highest BCUT2D eigenvalue weighted by molar-refractivity contribution is 5.40. The standard InChI is InChI=1S/C12H18FNO2/c1-15-11-5-4-10(12(8-11)16-2)9-14-7-3-6-13/h4-5,8,14H,3,6-7,9H2,1-2H3. The third-order valence-electron chi connectivity index (χ3n) is 2.30. The largest absolute Gasteiger partial charge is 0.497 e. The van der Waals surface area contributed by atoms with E-state index in [1.54, 1.807) is 14.2 Å². The average molecular weight is 227 g/mol. The molecule has 0 radical (unpaired) electrons. The average Bonchev–Trinajstić information content (AvgIpc) is 2.34. The van der Waals surface area contributed by atoms with Crippen LogP contribution in [0.1, 0.15) is 12.0 Å². The van der Waals surface area contributed by atoms with E-state index < -0.39 is 0 Å². The van der Waals surface area contributed by atoms with Gasteiger partial charge in [0.2, 0.25) is 0 Å². The molecule has 0 bridgehead atoms. The van der Waals surface area contributed by atoms with Crippen molar-refractivity contribution >= 4 is 0 Å². The van der Waals surface area contributed by atoms with E-state index in [0.717, 1.165) is 17.1 Å². The molecule has 4 heteroatoms. The van der Waals surface area contributed by atoms with Gasteiger partial charge in [0.05, 0.1) is 20.9 Å². The Kier molecular flexibility index (Phi) is 5.64. The molecule has 0 aliphatic rings. The second-order valence-electron chi connectivity index (χ2n) is 3.40. The van der Waals surface area contributed by atoms with E-state index in [2.05, 4.69) is 5.32 Å². The van der Waals surface area contributed by atoms with Crippen LogP contribution >= 0.6 is 0 Å². The highest BCUT2D eigenvalue weighted by Crippen LogP contribution is 2.24. The van der Waals surface area contributed by atoms with Gasteiger partial charge in [0.25, 0.3) is 0 Å². The van der Waals surface area contributed by atoms with Crippen LogP contribution in [0.3, 0.4) is 0 Å². The van der Waals surface area contributed by atoms with Crippen molar-refractivity contribution in [2.45, 2.75) is 13.0 Å². The minimum Gasteiger partial charge on any atom is -0.497 e. The molecule has 1 rings (SSSR count). The molecule has 0 aromatic heterocycles. The Morgan fingerprint density at radius 3 is 2.69 bits per heavy atom. The molecule has 0 atom stereocenters. The molecule has 1 aromatic carbocycles. The molecular weight excluding hydrogens is 209 g/mol. The van der Waals surface area contributed by atoms with Crippen LogP contribution in [-0.4, -0.2) is 27.4 Å². The van der Waals surface area contributed by atoms with Crippen LogP contribution in [0.4, 0.5) is 4.39 Å². The lowest BCUT2D eigenvalue weighted by atomic mass is 10.2. The van der Waals surface area contributed by atoms with Gasteiger partial charge < -0.3 is 14.8 Å². The third kappa shape index (κ3) is 3.70. The molecular formula is C12H18FNO2. The second kappa shape index (κ2) is 7.06. The van der Waals surface area contributed by atoms with E-state index in [4.69, 9.17) is 9.47 Å². The lowest BCUT2D eigenvalue weighted by Gasteiger charge is -2.10. The summed E-state index contributed by atoms with van der Waals surface area (Å²) in [6.45, 7) is 1.06. The maximum absolute atomic E-state index is 11.9. The van der Waals surface area contributed by atoms with Crippen molar-refractivity contribution in [2.24, 2.45) is 0 Å². The number of methoxy groups -OCH3 is 2. The van der Waals surface area contributed by atoms with Crippen LogP contribution in [-0.2, 0) is 6.54 Å². The number of halogens is 1. The molecule has 0 aliphatic heterocycles. The molecule has 1 aromatic rings. The maximum Gasteiger partial charge on any atom is 0.127 e. The first-order chi connectivity index (χ1) is 7.81. The summed E-state index contributed by atoms with van der Waals surface area (Å²) in [6, 6.07) is 5.67. The van der Waals surface area contributed by atoms with E-state index in [1.807, 2.05) is 18.2 Å². The summed E-state index contributed by atoms with van der Waals surface area (Å²) in [5.74, 6) is 1.55. The molecule has 0 amide bonds. The zero-order valence-corrected chi connectivity index (χ0v) is 9.75. The summed E-state index contributed by atoms with van der Waals surface area (Å²) < 4.78 is 22.2. The number of alkyl halides is 1. The molecule has 0 unspecified atom stereocenters. The Morgan fingerprint density at radius 2 is 2.06 bits per heavy atom. The Labute approximate surface area is 95.6 Å². The first-order valence-corrected chi connectivity index (χ1v) is 5.29. The Morgan fingerprint density at radius 1 is 1.25 bits per heavy atom. The number of nitrogens with one attached hydrogen (secondary N) is 1. The molecule has 0 aliphatic carbocycles. The highest BCUT2D eigenvalue weighted by Gasteiger charge is 2.04. The van der Waals surface area contributed by atoms with Gasteiger partial charge in [-0.3, -0.25) is 4.39 Å². The smallest absolute Gasteiger partial charge is 0.127 e. The zero-order valence-electron chi connectivity index (χ0n) is 9.75. The summed E-state index contributed by atoms with van der Waals surface area (Å²) in [4.78, 5) is 0. The molecule has 16 heavy (non-hydrogen) atoms. The van der Waals surface area contributed by atoms with Crippen molar-refractivity contribution in [3.8, 4) is 11.5 Å². The SMILES string of the molecule is COc1ccc(CNCCCF)c(OC)c1. The van der Waals surface area contributed by atoms with Crippen molar-refractivity contribution in [1.29, 1.82) is 0 Å². The van der Waals surface area contributed by atoms with Gasteiger partial charge in [-0.15, -0.1) is 0 Å². The van der Waals surface area contributed by atoms with Crippen LogP contribution in [0.2, 0.25) is 0 Å². The van der Waals surface area contributed by atoms with Crippen molar-refractivity contribution in [1.82, 2.24) is 5.32 Å². The summed E-state index contributed by atoms with van der Waals surface area (Å²) in [6.07, 6.45) is 0.540. The Bertz CT molecular complexity index is 318. The van der Waals surface area contributed by atoms with Gasteiger partial charge in [-0.05, 0) is 19.0 Å². The van der Waals surface area contributed by atoms with Gasteiger partial charge in [0, 0.05) is 18.2 Å². The Balaban J connectivity index is 2.57. The minimum atomic E-state index is -0.285. The van der Waals surface area contributed by atoms with Crippen LogP contribution in [0.5, 0.6) is 11.5 Å². The first kappa shape index (κ1) is 12.8. The lowest BCUT2D eigenvalue weighted by molar-refractivity contribution is 0.389. The zero-order chi connectivity index (χ0) is 11.8. The van der Waals surface area contributed by atoms with Crippen molar-refractivity contribution in [3.63, 3.8) is 0 Å². The summed E-state index contributed by atoms with van der Waals surface area (Å²) in [5.41, 5.74) is 1.04. The molecule has 0 saturated carbocycles. The van der Waals surface area contributed by atoms with Crippen molar-refractivity contribution < 1.29 is 13.9 Å². The number of hydrogen-bond acceptors (Lipinski definition) is 3. The van der Waals surface area contributed by atoms with E-state index in [0.29, 0.717) is 19.5 Å². The summed E-state index contributed by atoms with van der Waals surface area (Å²) in [7, 11) is 3.24. The predicted molar refractivity (Wildman–Crippen MR) is 61.8 cm³/mol. The minimum absolute atomic E-state index is 0.285. The molecule has 90 valence electrons. The fraction of sp³-hybridized carbons (Fsp3) is 0.500. The lowest BCUT2D eigenvalue weighted by Crippen LogP contribution is -2.15. The van der Waals surface area contributed by atoms with Crippen LogP contribution in [0, 0.1) is 0 Å². The van der Waals surface area contributed by atoms with Crippen LogP contribution < -0.4 is 14.8 Å². The van der Waals surface area contributed by atoms with E-state index in [1.165, 1.54) is 0 Å². The third-order valence-corrected chi connectivity index (χ3v) is 2.30. The quantitative estimate of drug-likeness (QED) is 0.724. The summed E-state index contributed by atoms with van der Waals surface area (Å²) >= 11 is 0. The number of benzene rings is 1. The molecule has 0 heterocycles. The molecule has 1 N–H and O–H groups in total. The fourth-order valence-electron chi connectivity index (χ4n) is 1.41. The fourth-order valence-corrected chi connectivity index (χ4v) is 1.41. The topological polar surface area (TPSA) is 30.5 Å². The van der Waals surface area contributed by atoms with Gasteiger partial charge in [-0.1, -0.05) is 6.07 Å². The van der Waals surface area contributed by atoms with Gasteiger partial charge >= 0.3 is 0 Å². The monoisotopic (exact) mass is 227 g/mol.